The molecule has 0 aliphatic rings. The molecule has 1 atom stereocenters. The summed E-state index contributed by atoms with van der Waals surface area (Å²) in [7, 11) is 5.37. The van der Waals surface area contributed by atoms with Crippen molar-refractivity contribution in [2.45, 2.75) is 40.0 Å². The van der Waals surface area contributed by atoms with E-state index >= 15 is 0 Å². The molecule has 0 saturated heterocycles. The molecule has 1 aromatic heterocycles. The summed E-state index contributed by atoms with van der Waals surface area (Å²) in [6.45, 7) is 7.86. The van der Waals surface area contributed by atoms with E-state index < -0.39 is 0 Å². The second kappa shape index (κ2) is 6.61. The third-order valence-corrected chi connectivity index (χ3v) is 3.80. The Kier molecular flexibility index (Phi) is 5.72. The zero-order chi connectivity index (χ0) is 13.8. The summed E-state index contributed by atoms with van der Waals surface area (Å²) < 4.78 is 10.8. The van der Waals surface area contributed by atoms with E-state index in [0.717, 1.165) is 17.2 Å². The van der Waals surface area contributed by atoms with Crippen LogP contribution in [0.25, 0.3) is 0 Å². The number of hydrogen-bond donors (Lipinski definition) is 1. The summed E-state index contributed by atoms with van der Waals surface area (Å²) in [5, 5.41) is 4.20. The van der Waals surface area contributed by atoms with Gasteiger partial charge in [0.2, 0.25) is 0 Å². The van der Waals surface area contributed by atoms with Gasteiger partial charge in [-0.05, 0) is 12.5 Å². The summed E-state index contributed by atoms with van der Waals surface area (Å²) in [5.74, 6) is 0. The predicted octanol–water partition coefficient (Wildman–Crippen LogP) is 2.74. The minimum absolute atomic E-state index is 0.0173. The number of nitrogens with zero attached hydrogens (tertiary/aromatic N) is 1. The number of nitrogens with one attached hydrogen (secondary N) is 1. The standard InChI is InChI=1S/C13H24N2O2S/c1-13(2,3)11(17-6)12-15-9(8-16-5)10(18-12)7-14-4/h11,14H,7-8H2,1-6H3. The van der Waals surface area contributed by atoms with Crippen molar-refractivity contribution in [2.75, 3.05) is 21.3 Å². The smallest absolute Gasteiger partial charge is 0.123 e. The molecule has 5 heteroatoms. The van der Waals surface area contributed by atoms with Crippen LogP contribution in [0, 0.1) is 5.41 Å². The average Bonchev–Trinajstić information content (AvgIpc) is 2.61. The van der Waals surface area contributed by atoms with Gasteiger partial charge in [0, 0.05) is 25.6 Å². The fourth-order valence-corrected chi connectivity index (χ4v) is 3.29. The van der Waals surface area contributed by atoms with Gasteiger partial charge >= 0.3 is 0 Å². The highest BCUT2D eigenvalue weighted by molar-refractivity contribution is 7.11. The lowest BCUT2D eigenvalue weighted by atomic mass is 9.89. The van der Waals surface area contributed by atoms with Crippen molar-refractivity contribution in [3.63, 3.8) is 0 Å². The second-order valence-electron chi connectivity index (χ2n) is 5.37. The molecule has 1 N–H and O–H groups in total. The molecule has 0 spiro atoms. The molecular weight excluding hydrogens is 248 g/mol. The van der Waals surface area contributed by atoms with E-state index in [4.69, 9.17) is 9.47 Å². The molecule has 0 aliphatic carbocycles. The molecule has 0 radical (unpaired) electrons. The van der Waals surface area contributed by atoms with Crippen LogP contribution in [0.4, 0.5) is 0 Å². The van der Waals surface area contributed by atoms with E-state index in [1.807, 2.05) is 7.05 Å². The van der Waals surface area contributed by atoms with Crippen molar-refractivity contribution in [2.24, 2.45) is 5.41 Å². The highest BCUT2D eigenvalue weighted by atomic mass is 32.1. The Labute approximate surface area is 114 Å². The SMILES string of the molecule is CNCc1sc(C(OC)C(C)(C)C)nc1COC. The van der Waals surface area contributed by atoms with Gasteiger partial charge in [-0.15, -0.1) is 11.3 Å². The van der Waals surface area contributed by atoms with Crippen molar-refractivity contribution in [3.8, 4) is 0 Å². The maximum absolute atomic E-state index is 5.61. The van der Waals surface area contributed by atoms with Crippen LogP contribution < -0.4 is 5.32 Å². The van der Waals surface area contributed by atoms with E-state index in [2.05, 4.69) is 31.1 Å². The van der Waals surface area contributed by atoms with Gasteiger partial charge in [-0.25, -0.2) is 4.98 Å². The number of rotatable bonds is 6. The van der Waals surface area contributed by atoms with Crippen molar-refractivity contribution in [1.29, 1.82) is 0 Å². The Bertz CT molecular complexity index is 348. The molecule has 4 nitrogen and oxygen atoms in total. The lowest BCUT2D eigenvalue weighted by molar-refractivity contribution is 0.0148. The van der Waals surface area contributed by atoms with Crippen molar-refractivity contribution >= 4 is 11.3 Å². The average molecular weight is 272 g/mol. The lowest BCUT2D eigenvalue weighted by Gasteiger charge is -2.27. The molecule has 0 bridgehead atoms. The van der Waals surface area contributed by atoms with Crippen molar-refractivity contribution in [1.82, 2.24) is 10.3 Å². The fraction of sp³-hybridized carbons (Fsp3) is 0.769. The number of ether oxygens (including phenoxy) is 2. The first-order valence-corrected chi connectivity index (χ1v) is 6.90. The molecular formula is C13H24N2O2S. The topological polar surface area (TPSA) is 43.4 Å². The van der Waals surface area contributed by atoms with Gasteiger partial charge in [0.15, 0.2) is 0 Å². The Morgan fingerprint density at radius 3 is 2.44 bits per heavy atom. The van der Waals surface area contributed by atoms with E-state index in [9.17, 15) is 0 Å². The Balaban J connectivity index is 3.05. The summed E-state index contributed by atoms with van der Waals surface area (Å²) in [4.78, 5) is 5.91. The Hall–Kier alpha value is -0.490. The summed E-state index contributed by atoms with van der Waals surface area (Å²) in [6, 6.07) is 0. The lowest BCUT2D eigenvalue weighted by Crippen LogP contribution is -2.20. The Morgan fingerprint density at radius 1 is 1.33 bits per heavy atom. The van der Waals surface area contributed by atoms with Crippen molar-refractivity contribution in [3.05, 3.63) is 15.6 Å². The molecule has 104 valence electrons. The number of methoxy groups -OCH3 is 2. The van der Waals surface area contributed by atoms with Crippen LogP contribution in [0.1, 0.15) is 42.5 Å². The second-order valence-corrected chi connectivity index (χ2v) is 6.48. The van der Waals surface area contributed by atoms with E-state index in [1.54, 1.807) is 25.6 Å². The monoisotopic (exact) mass is 272 g/mol. The quantitative estimate of drug-likeness (QED) is 0.865. The van der Waals surface area contributed by atoms with Gasteiger partial charge in [-0.2, -0.15) is 0 Å². The van der Waals surface area contributed by atoms with Crippen LogP contribution in [0.2, 0.25) is 0 Å². The normalized spacial score (nSPS) is 13.9. The minimum Gasteiger partial charge on any atom is -0.378 e. The van der Waals surface area contributed by atoms with E-state index in [-0.39, 0.29) is 11.5 Å². The number of hydrogen-bond acceptors (Lipinski definition) is 5. The maximum atomic E-state index is 5.61. The summed E-state index contributed by atoms with van der Waals surface area (Å²) >= 11 is 1.70. The molecule has 1 aromatic rings. The van der Waals surface area contributed by atoms with Gasteiger partial charge in [0.25, 0.3) is 0 Å². The Morgan fingerprint density at radius 2 is 2.00 bits per heavy atom. The maximum Gasteiger partial charge on any atom is 0.123 e. The third-order valence-electron chi connectivity index (χ3n) is 2.66. The summed E-state index contributed by atoms with van der Waals surface area (Å²) in [6.07, 6.45) is 0.0173. The minimum atomic E-state index is 0.0173. The molecule has 0 fully saturated rings. The first-order valence-electron chi connectivity index (χ1n) is 6.08. The molecule has 0 saturated carbocycles. The van der Waals surface area contributed by atoms with Gasteiger partial charge in [0.1, 0.15) is 11.1 Å². The van der Waals surface area contributed by atoms with E-state index in [0.29, 0.717) is 6.61 Å². The summed E-state index contributed by atoms with van der Waals surface area (Å²) in [5.41, 5.74) is 1.05. The first-order chi connectivity index (χ1) is 8.43. The molecule has 1 unspecified atom stereocenters. The molecule has 0 amide bonds. The molecule has 0 aromatic carbocycles. The fourth-order valence-electron chi connectivity index (χ4n) is 1.89. The van der Waals surface area contributed by atoms with Crippen LogP contribution in [-0.2, 0) is 22.6 Å². The highest BCUT2D eigenvalue weighted by Gasteiger charge is 2.29. The number of thiazole rings is 1. The zero-order valence-electron chi connectivity index (χ0n) is 12.2. The highest BCUT2D eigenvalue weighted by Crippen LogP contribution is 2.38. The van der Waals surface area contributed by atoms with Gasteiger partial charge in [0.05, 0.1) is 12.3 Å². The van der Waals surface area contributed by atoms with Gasteiger partial charge in [-0.3, -0.25) is 0 Å². The third kappa shape index (κ3) is 3.75. The van der Waals surface area contributed by atoms with Crippen LogP contribution in [-0.4, -0.2) is 26.3 Å². The predicted molar refractivity (Wildman–Crippen MR) is 74.8 cm³/mol. The van der Waals surface area contributed by atoms with Crippen molar-refractivity contribution < 1.29 is 9.47 Å². The van der Waals surface area contributed by atoms with Crippen LogP contribution in [0.15, 0.2) is 0 Å². The number of aromatic nitrogens is 1. The molecule has 0 aliphatic heterocycles. The van der Waals surface area contributed by atoms with Crippen LogP contribution in [0.3, 0.4) is 0 Å². The molecule has 1 rings (SSSR count). The van der Waals surface area contributed by atoms with Gasteiger partial charge in [-0.1, -0.05) is 20.8 Å². The van der Waals surface area contributed by atoms with Gasteiger partial charge < -0.3 is 14.8 Å². The molecule has 18 heavy (non-hydrogen) atoms. The largest absolute Gasteiger partial charge is 0.378 e. The van der Waals surface area contributed by atoms with Crippen LogP contribution in [0.5, 0.6) is 0 Å². The van der Waals surface area contributed by atoms with Crippen LogP contribution >= 0.6 is 11.3 Å². The first kappa shape index (κ1) is 15.6. The molecule has 1 heterocycles. The van der Waals surface area contributed by atoms with E-state index in [1.165, 1.54) is 4.88 Å². The zero-order valence-corrected chi connectivity index (χ0v) is 13.0.